The summed E-state index contributed by atoms with van der Waals surface area (Å²) in [5.41, 5.74) is 9.80. The zero-order valence-corrected chi connectivity index (χ0v) is 37.5. The third-order valence-corrected chi connectivity index (χ3v) is 15.0. The van der Waals surface area contributed by atoms with Crippen molar-refractivity contribution in [2.45, 2.75) is 96.7 Å². The van der Waals surface area contributed by atoms with Crippen LogP contribution in [0.15, 0.2) is 116 Å². The smallest absolute Gasteiger partial charge is 0.0798 e. The fourth-order valence-electron chi connectivity index (χ4n) is 8.98. The van der Waals surface area contributed by atoms with Gasteiger partial charge in [-0.05, 0) is 69.0 Å². The van der Waals surface area contributed by atoms with Gasteiger partial charge < -0.3 is 9.97 Å². The molecule has 0 amide bonds. The summed E-state index contributed by atoms with van der Waals surface area (Å²) in [7, 11) is -1.36. The molecule has 3 aromatic heterocycles. The molecule has 0 unspecified atom stereocenters. The molecule has 2 aliphatic rings. The Morgan fingerprint density at radius 1 is 0.679 bits per heavy atom. The Labute approximate surface area is 353 Å². The number of fused-ring (bicyclic) bond motifs is 3. The van der Waals surface area contributed by atoms with Crippen molar-refractivity contribution in [3.8, 4) is 33.6 Å². The van der Waals surface area contributed by atoms with Gasteiger partial charge in [0, 0.05) is 37.2 Å². The Morgan fingerprint density at radius 2 is 1.36 bits per heavy atom. The number of rotatable bonds is 8. The zero-order chi connectivity index (χ0) is 37.6. The van der Waals surface area contributed by atoms with Crippen molar-refractivity contribution in [2.75, 3.05) is 0 Å². The average Bonchev–Trinajstić information content (AvgIpc) is 3.61. The van der Waals surface area contributed by atoms with E-state index in [0.29, 0.717) is 0 Å². The third kappa shape index (κ3) is 9.68. The summed E-state index contributed by atoms with van der Waals surface area (Å²) in [6.07, 6.45) is 20.6. The van der Waals surface area contributed by atoms with E-state index in [4.69, 9.17) is 9.97 Å². The molecule has 0 atom stereocenters. The first-order chi connectivity index (χ1) is 26.9. The molecule has 7 aromatic rings. The minimum Gasteiger partial charge on any atom is -0.305 e. The Balaban J connectivity index is 0.000000178. The second-order valence-corrected chi connectivity index (χ2v) is 23.1. The molecular formula is C51H54IrN2SSi-2. The van der Waals surface area contributed by atoms with Crippen molar-refractivity contribution in [2.24, 2.45) is 11.8 Å². The molecule has 1 radical (unpaired) electrons. The third-order valence-electron chi connectivity index (χ3n) is 11.9. The van der Waals surface area contributed by atoms with E-state index in [0.717, 1.165) is 34.4 Å². The average molecular weight is 947 g/mol. The van der Waals surface area contributed by atoms with Gasteiger partial charge in [-0.1, -0.05) is 167 Å². The standard InChI is InChI=1S/C30H26NS.C21H28NSi.Ir/c1-3-9-21(10-4-1)17-22-15-16-31-27(18-22)24-19-26(23-11-5-2-6-12-23)30-25-13-7-8-14-28(25)32-29(30)20-24;1-23(2,3)21-16-22-20(18-12-8-5-9-13-18)15-19(21)14-17-10-6-4-7-11-17;/h2,5-8,11-16,18-19,21H,1,3-4,9-10,17H2;5,8-9,12,15-17H,4,6-7,10-11,14H2,1-3H3;/q2*-1;. The van der Waals surface area contributed by atoms with Gasteiger partial charge in [0.2, 0.25) is 0 Å². The van der Waals surface area contributed by atoms with E-state index in [9.17, 15) is 0 Å². The number of hydrogen-bond donors (Lipinski definition) is 0. The number of pyridine rings is 2. The monoisotopic (exact) mass is 947 g/mol. The fourth-order valence-corrected chi connectivity index (χ4v) is 11.7. The van der Waals surface area contributed by atoms with Gasteiger partial charge in [-0.3, -0.25) is 0 Å². The van der Waals surface area contributed by atoms with Crippen LogP contribution in [0, 0.1) is 24.0 Å². The van der Waals surface area contributed by atoms with E-state index in [1.165, 1.54) is 114 Å². The largest absolute Gasteiger partial charge is 0.305 e. The number of thiophene rings is 1. The number of aromatic nitrogens is 2. The van der Waals surface area contributed by atoms with Crippen LogP contribution in [0.3, 0.4) is 0 Å². The Hall–Kier alpha value is -3.73. The minimum atomic E-state index is -1.36. The Bertz CT molecular complexity index is 2330. The maximum absolute atomic E-state index is 4.77. The molecule has 0 aliphatic heterocycles. The predicted octanol–water partition coefficient (Wildman–Crippen LogP) is 13.9. The molecule has 0 N–H and O–H groups in total. The number of nitrogens with zero attached hydrogens (tertiary/aromatic N) is 2. The first-order valence-corrected chi connectivity index (χ1v) is 25.1. The first kappa shape index (κ1) is 40.5. The molecular weight excluding hydrogens is 893 g/mol. The molecule has 2 nitrogen and oxygen atoms in total. The van der Waals surface area contributed by atoms with Gasteiger partial charge in [0.05, 0.1) is 8.07 Å². The van der Waals surface area contributed by atoms with E-state index in [1.54, 1.807) is 10.8 Å². The summed E-state index contributed by atoms with van der Waals surface area (Å²) >= 11 is 1.83. The van der Waals surface area contributed by atoms with Crippen LogP contribution in [0.1, 0.15) is 75.3 Å². The van der Waals surface area contributed by atoms with Gasteiger partial charge in [0.25, 0.3) is 0 Å². The molecule has 2 saturated carbocycles. The summed E-state index contributed by atoms with van der Waals surface area (Å²) < 4.78 is 2.52. The topological polar surface area (TPSA) is 25.8 Å². The Morgan fingerprint density at radius 3 is 2.07 bits per heavy atom. The van der Waals surface area contributed by atoms with Crippen LogP contribution in [0.25, 0.3) is 53.8 Å². The zero-order valence-electron chi connectivity index (χ0n) is 33.2. The maximum atomic E-state index is 4.77. The molecule has 9 rings (SSSR count). The van der Waals surface area contributed by atoms with Gasteiger partial charge in [0.1, 0.15) is 0 Å². The molecule has 56 heavy (non-hydrogen) atoms. The van der Waals surface area contributed by atoms with Crippen LogP contribution >= 0.6 is 11.3 Å². The van der Waals surface area contributed by atoms with Crippen LogP contribution in [-0.4, -0.2) is 18.0 Å². The van der Waals surface area contributed by atoms with Crippen LogP contribution in [-0.2, 0) is 32.9 Å². The SMILES string of the molecule is C[Si](C)(C)c1cnc(-c2[c-]cccc2)cc1CC1CCCCC1.[Ir].[c-]1c(-c2cc(CC3CCCCC3)ccn2)cc(-c2ccccc2)c2c1sc1ccccc12. The molecule has 2 fully saturated rings. The Kier molecular flexibility index (Phi) is 13.5. The van der Waals surface area contributed by atoms with Crippen LogP contribution in [0.5, 0.6) is 0 Å². The van der Waals surface area contributed by atoms with E-state index in [1.807, 2.05) is 29.7 Å². The van der Waals surface area contributed by atoms with Gasteiger partial charge in [-0.2, -0.15) is 11.3 Å². The van der Waals surface area contributed by atoms with Crippen LogP contribution in [0.2, 0.25) is 19.6 Å². The summed E-state index contributed by atoms with van der Waals surface area (Å²) in [5, 5.41) is 4.16. The first-order valence-electron chi connectivity index (χ1n) is 20.7. The van der Waals surface area contributed by atoms with E-state index in [-0.39, 0.29) is 20.1 Å². The molecule has 289 valence electrons. The van der Waals surface area contributed by atoms with Gasteiger partial charge in [-0.15, -0.1) is 53.6 Å². The normalized spacial score (nSPS) is 15.3. The van der Waals surface area contributed by atoms with Gasteiger partial charge >= 0.3 is 0 Å². The molecule has 0 saturated heterocycles. The molecule has 5 heteroatoms. The summed E-state index contributed by atoms with van der Waals surface area (Å²) in [5.74, 6) is 1.70. The predicted molar refractivity (Wildman–Crippen MR) is 239 cm³/mol. The molecule has 4 aromatic carbocycles. The van der Waals surface area contributed by atoms with Crippen molar-refractivity contribution < 1.29 is 20.1 Å². The number of hydrogen-bond acceptors (Lipinski definition) is 3. The molecule has 0 spiro atoms. The molecule has 2 aliphatic carbocycles. The quantitative estimate of drug-likeness (QED) is 0.112. The minimum absolute atomic E-state index is 0. The summed E-state index contributed by atoms with van der Waals surface area (Å²) in [6, 6.07) is 43.8. The molecule has 3 heterocycles. The van der Waals surface area contributed by atoms with Crippen LogP contribution in [0.4, 0.5) is 0 Å². The second kappa shape index (κ2) is 18.7. The van der Waals surface area contributed by atoms with Crippen molar-refractivity contribution >= 4 is 44.8 Å². The fraction of sp³-hybridized carbons (Fsp3) is 0.333. The maximum Gasteiger partial charge on any atom is 0.0798 e. The van der Waals surface area contributed by atoms with Crippen LogP contribution < -0.4 is 5.19 Å². The van der Waals surface area contributed by atoms with Crippen molar-refractivity contribution in [3.05, 3.63) is 139 Å². The summed E-state index contributed by atoms with van der Waals surface area (Å²) in [4.78, 5) is 9.54. The van der Waals surface area contributed by atoms with Crippen molar-refractivity contribution in [3.63, 3.8) is 0 Å². The summed E-state index contributed by atoms with van der Waals surface area (Å²) in [6.45, 7) is 7.30. The van der Waals surface area contributed by atoms with E-state index in [2.05, 4.69) is 129 Å². The van der Waals surface area contributed by atoms with Crippen molar-refractivity contribution in [1.82, 2.24) is 9.97 Å². The number of benzene rings is 4. The molecule has 0 bridgehead atoms. The van der Waals surface area contributed by atoms with E-state index < -0.39 is 8.07 Å². The second-order valence-electron chi connectivity index (χ2n) is 17.0. The van der Waals surface area contributed by atoms with Gasteiger partial charge in [-0.25, -0.2) is 0 Å². The van der Waals surface area contributed by atoms with Gasteiger partial charge in [0.15, 0.2) is 0 Å². The van der Waals surface area contributed by atoms with Crippen molar-refractivity contribution in [1.29, 1.82) is 0 Å². The van der Waals surface area contributed by atoms with E-state index >= 15 is 0 Å².